The maximum atomic E-state index is 10.3. The van der Waals surface area contributed by atoms with Crippen molar-refractivity contribution < 1.29 is 5.11 Å². The molecule has 88 valence electrons. The summed E-state index contributed by atoms with van der Waals surface area (Å²) in [5.74, 6) is 0. The molecule has 1 aliphatic rings. The van der Waals surface area contributed by atoms with Gasteiger partial charge in [0.05, 0.1) is 12.1 Å². The number of aliphatic hydroxyl groups excluding tert-OH is 1. The second-order valence-electron chi connectivity index (χ2n) is 5.76. The first kappa shape index (κ1) is 11.5. The largest absolute Gasteiger partial charge is 0.390 e. The van der Waals surface area contributed by atoms with Crippen molar-refractivity contribution in [3.63, 3.8) is 0 Å². The lowest BCUT2D eigenvalue weighted by atomic mass is 9.81. The monoisotopic (exact) mass is 219 g/mol. The second-order valence-corrected chi connectivity index (χ2v) is 5.76. The molecule has 0 spiro atoms. The van der Waals surface area contributed by atoms with Crippen LogP contribution in [0.25, 0.3) is 0 Å². The lowest BCUT2D eigenvalue weighted by Crippen LogP contribution is -2.44. The molecule has 0 saturated carbocycles. The van der Waals surface area contributed by atoms with Crippen LogP contribution >= 0.6 is 0 Å². The first-order valence-corrected chi connectivity index (χ1v) is 6.01. The van der Waals surface area contributed by atoms with E-state index in [1.54, 1.807) is 0 Å². The highest BCUT2D eigenvalue weighted by atomic mass is 16.3. The molecule has 0 amide bonds. The van der Waals surface area contributed by atoms with E-state index >= 15 is 0 Å². The number of aryl methyl sites for hydroxylation is 1. The zero-order valence-corrected chi connectivity index (χ0v) is 10.3. The average Bonchev–Trinajstić information content (AvgIpc) is 2.26. The van der Waals surface area contributed by atoms with E-state index in [1.165, 1.54) is 11.3 Å². The van der Waals surface area contributed by atoms with Crippen molar-refractivity contribution >= 4 is 5.69 Å². The molecular formula is C14H21NO. The van der Waals surface area contributed by atoms with E-state index in [9.17, 15) is 5.11 Å². The molecule has 1 aliphatic heterocycles. The molecule has 2 heteroatoms. The Labute approximate surface area is 97.7 Å². The van der Waals surface area contributed by atoms with Crippen LogP contribution in [-0.2, 0) is 6.42 Å². The summed E-state index contributed by atoms with van der Waals surface area (Å²) in [7, 11) is 0. The minimum atomic E-state index is -0.305. The number of aliphatic hydroxyl groups is 1. The maximum absolute atomic E-state index is 10.3. The smallest absolute Gasteiger partial charge is 0.0789 e. The molecule has 0 radical (unpaired) electrons. The Bertz CT molecular complexity index is 367. The number of fused-ring (bicyclic) bond motifs is 1. The summed E-state index contributed by atoms with van der Waals surface area (Å²) in [5, 5.41) is 13.7. The van der Waals surface area contributed by atoms with Crippen LogP contribution in [0.5, 0.6) is 0 Å². The number of hydrogen-bond donors (Lipinski definition) is 2. The summed E-state index contributed by atoms with van der Waals surface area (Å²) in [5.41, 5.74) is 2.48. The summed E-state index contributed by atoms with van der Waals surface area (Å²) >= 11 is 0. The van der Waals surface area contributed by atoms with Crippen LogP contribution in [0, 0.1) is 5.41 Å². The highest BCUT2D eigenvalue weighted by molar-refractivity contribution is 5.54. The van der Waals surface area contributed by atoms with Gasteiger partial charge in [-0.3, -0.25) is 0 Å². The molecule has 1 aromatic carbocycles. The Morgan fingerprint density at radius 3 is 2.69 bits per heavy atom. The SMILES string of the molecule is CC(C)(C)C(O)C1CCc2ccccc2N1. The van der Waals surface area contributed by atoms with Gasteiger partial charge in [-0.25, -0.2) is 0 Å². The predicted octanol–water partition coefficient (Wildman–Crippen LogP) is 2.82. The standard InChI is InChI=1S/C14H21NO/c1-14(2,3)13(16)12-9-8-10-6-4-5-7-11(10)15-12/h4-7,12-13,15-16H,8-9H2,1-3H3. The number of anilines is 1. The Balaban J connectivity index is 2.14. The van der Waals surface area contributed by atoms with E-state index < -0.39 is 0 Å². The summed E-state index contributed by atoms with van der Waals surface area (Å²) in [6.45, 7) is 6.25. The molecule has 0 aliphatic carbocycles. The minimum absolute atomic E-state index is 0.0655. The molecule has 0 saturated heterocycles. The fourth-order valence-corrected chi connectivity index (χ4v) is 2.30. The van der Waals surface area contributed by atoms with Crippen molar-refractivity contribution in [2.75, 3.05) is 5.32 Å². The number of nitrogens with one attached hydrogen (secondary N) is 1. The molecule has 1 aromatic rings. The van der Waals surface area contributed by atoms with Crippen LogP contribution in [0.1, 0.15) is 32.8 Å². The highest BCUT2D eigenvalue weighted by Crippen LogP contribution is 2.31. The lowest BCUT2D eigenvalue weighted by Gasteiger charge is -2.37. The van der Waals surface area contributed by atoms with Crippen LogP contribution in [0.3, 0.4) is 0 Å². The average molecular weight is 219 g/mol. The van der Waals surface area contributed by atoms with Crippen molar-refractivity contribution in [2.45, 2.75) is 45.8 Å². The second kappa shape index (κ2) is 4.10. The topological polar surface area (TPSA) is 32.3 Å². The van der Waals surface area contributed by atoms with E-state index in [4.69, 9.17) is 0 Å². The number of rotatable bonds is 1. The Morgan fingerprint density at radius 2 is 2.00 bits per heavy atom. The number of hydrogen-bond acceptors (Lipinski definition) is 2. The van der Waals surface area contributed by atoms with Crippen molar-refractivity contribution in [1.29, 1.82) is 0 Å². The van der Waals surface area contributed by atoms with Crippen molar-refractivity contribution in [1.82, 2.24) is 0 Å². The molecule has 1 heterocycles. The molecule has 16 heavy (non-hydrogen) atoms. The van der Waals surface area contributed by atoms with Gasteiger partial charge < -0.3 is 10.4 Å². The van der Waals surface area contributed by atoms with Gasteiger partial charge in [-0.1, -0.05) is 39.0 Å². The molecule has 0 bridgehead atoms. The zero-order valence-electron chi connectivity index (χ0n) is 10.3. The maximum Gasteiger partial charge on any atom is 0.0789 e. The van der Waals surface area contributed by atoms with Crippen LogP contribution in [-0.4, -0.2) is 17.3 Å². The fourth-order valence-electron chi connectivity index (χ4n) is 2.30. The van der Waals surface area contributed by atoms with Gasteiger partial charge in [0.25, 0.3) is 0 Å². The Kier molecular flexibility index (Phi) is 2.94. The molecule has 0 aromatic heterocycles. The molecule has 2 N–H and O–H groups in total. The van der Waals surface area contributed by atoms with Gasteiger partial charge in [0.15, 0.2) is 0 Å². The van der Waals surface area contributed by atoms with E-state index in [-0.39, 0.29) is 17.6 Å². The van der Waals surface area contributed by atoms with Gasteiger partial charge >= 0.3 is 0 Å². The van der Waals surface area contributed by atoms with Gasteiger partial charge in [0, 0.05) is 5.69 Å². The Hall–Kier alpha value is -1.02. The normalized spacial score (nSPS) is 22.1. The molecule has 0 fully saturated rings. The fraction of sp³-hybridized carbons (Fsp3) is 0.571. The highest BCUT2D eigenvalue weighted by Gasteiger charge is 2.32. The van der Waals surface area contributed by atoms with Gasteiger partial charge in [0.1, 0.15) is 0 Å². The molecule has 2 atom stereocenters. The third-order valence-electron chi connectivity index (χ3n) is 3.35. The summed E-state index contributed by atoms with van der Waals surface area (Å²) in [6.07, 6.45) is 1.76. The van der Waals surface area contributed by atoms with Crippen LogP contribution in [0.15, 0.2) is 24.3 Å². The number of para-hydroxylation sites is 1. The van der Waals surface area contributed by atoms with Crippen LogP contribution < -0.4 is 5.32 Å². The van der Waals surface area contributed by atoms with Crippen molar-refractivity contribution in [3.8, 4) is 0 Å². The molecule has 2 nitrogen and oxygen atoms in total. The third kappa shape index (κ3) is 2.22. The first-order chi connectivity index (χ1) is 7.48. The lowest BCUT2D eigenvalue weighted by molar-refractivity contribution is 0.0432. The molecule has 2 unspecified atom stereocenters. The Morgan fingerprint density at radius 1 is 1.31 bits per heavy atom. The quantitative estimate of drug-likeness (QED) is 0.761. The predicted molar refractivity (Wildman–Crippen MR) is 67.6 cm³/mol. The zero-order chi connectivity index (χ0) is 11.8. The van der Waals surface area contributed by atoms with E-state index in [1.807, 2.05) is 6.07 Å². The van der Waals surface area contributed by atoms with Crippen molar-refractivity contribution in [2.24, 2.45) is 5.41 Å². The minimum Gasteiger partial charge on any atom is -0.390 e. The van der Waals surface area contributed by atoms with Crippen LogP contribution in [0.4, 0.5) is 5.69 Å². The van der Waals surface area contributed by atoms with E-state index in [2.05, 4.69) is 44.3 Å². The van der Waals surface area contributed by atoms with Gasteiger partial charge in [-0.15, -0.1) is 0 Å². The summed E-state index contributed by atoms with van der Waals surface area (Å²) in [4.78, 5) is 0. The first-order valence-electron chi connectivity index (χ1n) is 6.01. The van der Waals surface area contributed by atoms with E-state index in [0.29, 0.717) is 0 Å². The summed E-state index contributed by atoms with van der Waals surface area (Å²) < 4.78 is 0. The van der Waals surface area contributed by atoms with Crippen molar-refractivity contribution in [3.05, 3.63) is 29.8 Å². The summed E-state index contributed by atoms with van der Waals surface area (Å²) in [6, 6.07) is 8.53. The number of benzene rings is 1. The van der Waals surface area contributed by atoms with Gasteiger partial charge in [-0.05, 0) is 29.9 Å². The van der Waals surface area contributed by atoms with E-state index in [0.717, 1.165) is 12.8 Å². The van der Waals surface area contributed by atoms with Crippen LogP contribution in [0.2, 0.25) is 0 Å². The van der Waals surface area contributed by atoms with Gasteiger partial charge in [-0.2, -0.15) is 0 Å². The molecule has 2 rings (SSSR count). The third-order valence-corrected chi connectivity index (χ3v) is 3.35. The van der Waals surface area contributed by atoms with Gasteiger partial charge in [0.2, 0.25) is 0 Å². The molecular weight excluding hydrogens is 198 g/mol.